The molecule has 0 aromatic rings. The molecule has 0 amide bonds. The molecule has 0 N–H and O–H groups in total. The smallest absolute Gasteiger partial charge is 0.0674 e. The third-order valence-corrected chi connectivity index (χ3v) is 2.81. The van der Waals surface area contributed by atoms with Gasteiger partial charge in [-0.25, -0.2) is 0 Å². The first kappa shape index (κ1) is 12.1. The monoisotopic (exact) mass is 166 g/mol. The Morgan fingerprint density at radius 2 is 1.58 bits per heavy atom. The van der Waals surface area contributed by atoms with Crippen LogP contribution in [0.5, 0.6) is 0 Å². The van der Waals surface area contributed by atoms with Crippen molar-refractivity contribution in [3.05, 3.63) is 0 Å². The van der Waals surface area contributed by atoms with Gasteiger partial charge < -0.3 is 0 Å². The van der Waals surface area contributed by atoms with E-state index in [1.807, 2.05) is 0 Å². The SMILES string of the molecule is [B]C(C)(CC)C(C)CC(C)(C)C. The fraction of sp³-hybridized carbons (Fsp3) is 1.00. The molecule has 0 aliphatic carbocycles. The van der Waals surface area contributed by atoms with Crippen molar-refractivity contribution in [1.82, 2.24) is 0 Å². The highest BCUT2D eigenvalue weighted by Crippen LogP contribution is 2.41. The molecular formula is C11H23B. The molecule has 0 aromatic heterocycles. The van der Waals surface area contributed by atoms with E-state index in [-0.39, 0.29) is 5.31 Å². The fourth-order valence-electron chi connectivity index (χ4n) is 1.50. The number of rotatable bonds is 3. The Bertz CT molecular complexity index is 130. The van der Waals surface area contributed by atoms with Gasteiger partial charge >= 0.3 is 0 Å². The zero-order valence-corrected chi connectivity index (χ0v) is 9.57. The predicted molar refractivity (Wildman–Crippen MR) is 57.6 cm³/mol. The van der Waals surface area contributed by atoms with Gasteiger partial charge in [-0.3, -0.25) is 0 Å². The number of hydrogen-bond donors (Lipinski definition) is 0. The molecule has 0 fully saturated rings. The summed E-state index contributed by atoms with van der Waals surface area (Å²) >= 11 is 0. The average Bonchev–Trinajstić information content (AvgIpc) is 1.84. The minimum atomic E-state index is 0.00722. The van der Waals surface area contributed by atoms with E-state index in [2.05, 4.69) is 41.5 Å². The van der Waals surface area contributed by atoms with Gasteiger partial charge in [-0.2, -0.15) is 0 Å². The third-order valence-electron chi connectivity index (χ3n) is 2.81. The van der Waals surface area contributed by atoms with Crippen LogP contribution in [-0.4, -0.2) is 7.85 Å². The lowest BCUT2D eigenvalue weighted by atomic mass is 9.58. The summed E-state index contributed by atoms with van der Waals surface area (Å²) in [4.78, 5) is 0. The van der Waals surface area contributed by atoms with Crippen molar-refractivity contribution in [3.63, 3.8) is 0 Å². The maximum absolute atomic E-state index is 6.17. The van der Waals surface area contributed by atoms with Gasteiger partial charge in [0.2, 0.25) is 0 Å². The Morgan fingerprint density at radius 1 is 1.17 bits per heavy atom. The minimum Gasteiger partial charge on any atom is -0.0674 e. The Morgan fingerprint density at radius 3 is 1.83 bits per heavy atom. The summed E-state index contributed by atoms with van der Waals surface area (Å²) in [6.45, 7) is 13.4. The van der Waals surface area contributed by atoms with Crippen LogP contribution in [0.15, 0.2) is 0 Å². The van der Waals surface area contributed by atoms with Crippen LogP contribution in [0.1, 0.15) is 54.4 Å². The van der Waals surface area contributed by atoms with E-state index >= 15 is 0 Å². The van der Waals surface area contributed by atoms with E-state index in [1.54, 1.807) is 0 Å². The second-order valence-electron chi connectivity index (χ2n) is 5.53. The summed E-state index contributed by atoms with van der Waals surface area (Å²) < 4.78 is 0. The van der Waals surface area contributed by atoms with E-state index in [1.165, 1.54) is 6.42 Å². The van der Waals surface area contributed by atoms with E-state index in [4.69, 9.17) is 7.85 Å². The molecule has 2 atom stereocenters. The van der Waals surface area contributed by atoms with Crippen LogP contribution in [0, 0.1) is 11.3 Å². The van der Waals surface area contributed by atoms with Crippen molar-refractivity contribution >= 4 is 7.85 Å². The molecule has 0 aromatic carbocycles. The molecule has 0 aliphatic rings. The Hall–Kier alpha value is 0.0649. The molecule has 2 unspecified atom stereocenters. The summed E-state index contributed by atoms with van der Waals surface area (Å²) in [6.07, 6.45) is 2.26. The zero-order chi connectivity index (χ0) is 9.99. The molecule has 0 rings (SSSR count). The van der Waals surface area contributed by atoms with Crippen molar-refractivity contribution < 1.29 is 0 Å². The lowest BCUT2D eigenvalue weighted by Gasteiger charge is -2.35. The molecule has 1 heteroatoms. The van der Waals surface area contributed by atoms with Crippen molar-refractivity contribution in [1.29, 1.82) is 0 Å². The first-order chi connectivity index (χ1) is 5.19. The van der Waals surface area contributed by atoms with Crippen molar-refractivity contribution in [2.45, 2.75) is 59.7 Å². The quantitative estimate of drug-likeness (QED) is 0.559. The lowest BCUT2D eigenvalue weighted by Crippen LogP contribution is -2.22. The molecule has 0 nitrogen and oxygen atoms in total. The highest BCUT2D eigenvalue weighted by atomic mass is 14.3. The van der Waals surface area contributed by atoms with Crippen LogP contribution in [-0.2, 0) is 0 Å². The highest BCUT2D eigenvalue weighted by Gasteiger charge is 2.26. The first-order valence-electron chi connectivity index (χ1n) is 4.98. The van der Waals surface area contributed by atoms with Gasteiger partial charge in [0.15, 0.2) is 0 Å². The Labute approximate surface area is 79.5 Å². The van der Waals surface area contributed by atoms with Gasteiger partial charge in [0.05, 0.1) is 7.85 Å². The van der Waals surface area contributed by atoms with Crippen molar-refractivity contribution in [3.8, 4) is 0 Å². The van der Waals surface area contributed by atoms with Gasteiger partial charge in [0.25, 0.3) is 0 Å². The van der Waals surface area contributed by atoms with E-state index in [9.17, 15) is 0 Å². The fourth-order valence-corrected chi connectivity index (χ4v) is 1.50. The van der Waals surface area contributed by atoms with Crippen molar-refractivity contribution in [2.75, 3.05) is 0 Å². The molecule has 0 saturated heterocycles. The second-order valence-corrected chi connectivity index (χ2v) is 5.53. The molecular weight excluding hydrogens is 143 g/mol. The second kappa shape index (κ2) is 3.85. The molecule has 2 radical (unpaired) electrons. The van der Waals surface area contributed by atoms with Crippen LogP contribution in [0.4, 0.5) is 0 Å². The van der Waals surface area contributed by atoms with Gasteiger partial charge in [0.1, 0.15) is 0 Å². The highest BCUT2D eigenvalue weighted by molar-refractivity contribution is 6.15. The van der Waals surface area contributed by atoms with E-state index < -0.39 is 0 Å². The largest absolute Gasteiger partial charge is 0.0746 e. The van der Waals surface area contributed by atoms with Gasteiger partial charge in [-0.1, -0.05) is 53.3 Å². The molecule has 70 valence electrons. The Kier molecular flexibility index (Phi) is 3.87. The lowest BCUT2D eigenvalue weighted by molar-refractivity contribution is 0.256. The summed E-state index contributed by atoms with van der Waals surface area (Å²) in [7, 11) is 6.17. The van der Waals surface area contributed by atoms with Crippen molar-refractivity contribution in [2.24, 2.45) is 11.3 Å². The van der Waals surface area contributed by atoms with Gasteiger partial charge in [-0.05, 0) is 17.8 Å². The molecule has 12 heavy (non-hydrogen) atoms. The van der Waals surface area contributed by atoms with Crippen LogP contribution < -0.4 is 0 Å². The molecule has 0 bridgehead atoms. The van der Waals surface area contributed by atoms with Crippen LogP contribution in [0.2, 0.25) is 5.31 Å². The zero-order valence-electron chi connectivity index (χ0n) is 9.57. The van der Waals surface area contributed by atoms with E-state index in [0.717, 1.165) is 6.42 Å². The van der Waals surface area contributed by atoms with Crippen LogP contribution in [0.25, 0.3) is 0 Å². The summed E-state index contributed by atoms with van der Waals surface area (Å²) in [6, 6.07) is 0. The van der Waals surface area contributed by atoms with Crippen LogP contribution >= 0.6 is 0 Å². The molecule has 0 aliphatic heterocycles. The minimum absolute atomic E-state index is 0.00722. The van der Waals surface area contributed by atoms with E-state index in [0.29, 0.717) is 11.3 Å². The van der Waals surface area contributed by atoms with Gasteiger partial charge in [-0.15, -0.1) is 0 Å². The summed E-state index contributed by atoms with van der Waals surface area (Å²) in [5, 5.41) is 0.00722. The summed E-state index contributed by atoms with van der Waals surface area (Å²) in [5.41, 5.74) is 0.398. The van der Waals surface area contributed by atoms with Crippen LogP contribution in [0.3, 0.4) is 0 Å². The molecule has 0 spiro atoms. The maximum Gasteiger partial charge on any atom is 0.0746 e. The third kappa shape index (κ3) is 4.18. The molecule has 0 saturated carbocycles. The normalized spacial score (nSPS) is 20.2. The number of hydrogen-bond acceptors (Lipinski definition) is 0. The standard InChI is InChI=1S/C11H23B/c1-7-11(6,12)9(2)8-10(3,4)5/h9H,7-8H2,1-6H3. The maximum atomic E-state index is 6.17. The average molecular weight is 166 g/mol. The first-order valence-corrected chi connectivity index (χ1v) is 4.98. The molecule has 0 heterocycles. The van der Waals surface area contributed by atoms with Gasteiger partial charge in [0, 0.05) is 0 Å². The Balaban J connectivity index is 4.13. The summed E-state index contributed by atoms with van der Waals surface area (Å²) in [5.74, 6) is 0.600. The predicted octanol–water partition coefficient (Wildman–Crippen LogP) is 3.82. The topological polar surface area (TPSA) is 0 Å².